The lowest BCUT2D eigenvalue weighted by Crippen LogP contribution is -2.35. The van der Waals surface area contributed by atoms with Crippen molar-refractivity contribution in [3.05, 3.63) is 29.6 Å². The molecule has 5 nitrogen and oxygen atoms in total. The molecule has 0 radical (unpaired) electrons. The normalized spacial score (nSPS) is 26.9. The first-order valence-electron chi connectivity index (χ1n) is 11.2. The summed E-state index contributed by atoms with van der Waals surface area (Å²) in [7, 11) is 0. The van der Waals surface area contributed by atoms with Gasteiger partial charge in [0.15, 0.2) is 24.1 Å². The Kier molecular flexibility index (Phi) is 9.90. The van der Waals surface area contributed by atoms with E-state index in [0.717, 1.165) is 32.5 Å². The van der Waals surface area contributed by atoms with Crippen LogP contribution in [0, 0.1) is 17.7 Å². The van der Waals surface area contributed by atoms with Crippen molar-refractivity contribution in [2.75, 3.05) is 26.4 Å². The van der Waals surface area contributed by atoms with Gasteiger partial charge in [0.25, 0.3) is 0 Å². The molecule has 0 aliphatic carbocycles. The topological polar surface area (TPSA) is 46.2 Å². The molecule has 2 aliphatic rings. The molecule has 0 saturated carbocycles. The highest BCUT2D eigenvalue weighted by atomic mass is 19.3. The van der Waals surface area contributed by atoms with Crippen molar-refractivity contribution in [2.45, 2.75) is 71.1 Å². The van der Waals surface area contributed by atoms with Crippen LogP contribution in [0.2, 0.25) is 0 Å². The highest BCUT2D eigenvalue weighted by Gasteiger charge is 2.26. The quantitative estimate of drug-likeness (QED) is 0.461. The van der Waals surface area contributed by atoms with E-state index in [-0.39, 0.29) is 12.6 Å². The maximum absolute atomic E-state index is 13.8. The second-order valence-corrected chi connectivity index (χ2v) is 8.33. The Balaban J connectivity index is 1.29. The molecule has 0 amide bonds. The van der Waals surface area contributed by atoms with Gasteiger partial charge in [-0.25, -0.2) is 4.39 Å². The van der Waals surface area contributed by atoms with Crippen LogP contribution in [-0.2, 0) is 25.4 Å². The van der Waals surface area contributed by atoms with Gasteiger partial charge in [0, 0.05) is 18.3 Å². The van der Waals surface area contributed by atoms with Gasteiger partial charge in [-0.1, -0.05) is 25.8 Å². The molecule has 2 saturated heterocycles. The van der Waals surface area contributed by atoms with E-state index < -0.39 is 18.2 Å². The molecule has 0 atom stereocenters. The van der Waals surface area contributed by atoms with Crippen LogP contribution in [0.1, 0.15) is 51.0 Å². The van der Waals surface area contributed by atoms with Crippen molar-refractivity contribution >= 4 is 0 Å². The van der Waals surface area contributed by atoms with Crippen molar-refractivity contribution in [1.29, 1.82) is 0 Å². The van der Waals surface area contributed by atoms with Crippen LogP contribution in [0.3, 0.4) is 0 Å². The number of rotatable bonds is 11. The molecule has 176 valence electrons. The first kappa shape index (κ1) is 24.3. The van der Waals surface area contributed by atoms with Gasteiger partial charge in [0.05, 0.1) is 26.4 Å². The summed E-state index contributed by atoms with van der Waals surface area (Å²) >= 11 is 0. The molecule has 0 N–H and O–H groups in total. The van der Waals surface area contributed by atoms with E-state index in [1.165, 1.54) is 25.0 Å². The number of hydrogen-bond donors (Lipinski definition) is 0. The molecule has 0 spiro atoms. The Bertz CT molecular complexity index is 644. The molecular formula is C23H33F3O5. The average molecular weight is 447 g/mol. The SMILES string of the molecule is CCCCC1COC(CCC2COC(CCc3ccc(OC(F)F)c(F)c3)OC2)OC1. The number of benzene rings is 1. The van der Waals surface area contributed by atoms with E-state index in [9.17, 15) is 13.2 Å². The van der Waals surface area contributed by atoms with E-state index in [1.54, 1.807) is 6.07 Å². The zero-order valence-electron chi connectivity index (χ0n) is 18.1. The Morgan fingerprint density at radius 2 is 1.52 bits per heavy atom. The summed E-state index contributed by atoms with van der Waals surface area (Å²) in [5, 5.41) is 0. The van der Waals surface area contributed by atoms with Gasteiger partial charge in [-0.3, -0.25) is 0 Å². The highest BCUT2D eigenvalue weighted by molar-refractivity contribution is 5.29. The maximum Gasteiger partial charge on any atom is 0.387 e. The van der Waals surface area contributed by atoms with Crippen LogP contribution in [0.15, 0.2) is 18.2 Å². The zero-order chi connectivity index (χ0) is 22.1. The fourth-order valence-corrected chi connectivity index (χ4v) is 3.87. The van der Waals surface area contributed by atoms with Crippen LogP contribution in [0.4, 0.5) is 13.2 Å². The van der Waals surface area contributed by atoms with E-state index in [4.69, 9.17) is 18.9 Å². The summed E-state index contributed by atoms with van der Waals surface area (Å²) in [5.41, 5.74) is 0.678. The van der Waals surface area contributed by atoms with E-state index in [2.05, 4.69) is 11.7 Å². The van der Waals surface area contributed by atoms with E-state index in [1.807, 2.05) is 0 Å². The fraction of sp³-hybridized carbons (Fsp3) is 0.739. The largest absolute Gasteiger partial charge is 0.432 e. The number of unbranched alkanes of at least 4 members (excludes halogenated alkanes) is 1. The third-order valence-electron chi connectivity index (χ3n) is 5.73. The van der Waals surface area contributed by atoms with Crippen LogP contribution < -0.4 is 4.74 Å². The molecule has 2 heterocycles. The third kappa shape index (κ3) is 8.25. The Labute approximate surface area is 182 Å². The minimum Gasteiger partial charge on any atom is -0.432 e. The molecule has 8 heteroatoms. The Morgan fingerprint density at radius 3 is 2.10 bits per heavy atom. The van der Waals surface area contributed by atoms with Crippen molar-refractivity contribution in [2.24, 2.45) is 11.8 Å². The molecule has 1 aromatic rings. The van der Waals surface area contributed by atoms with Crippen molar-refractivity contribution in [3.63, 3.8) is 0 Å². The van der Waals surface area contributed by atoms with Crippen molar-refractivity contribution in [3.8, 4) is 5.75 Å². The molecule has 3 rings (SSSR count). The lowest BCUT2D eigenvalue weighted by Gasteiger charge is -2.32. The maximum atomic E-state index is 13.8. The van der Waals surface area contributed by atoms with Crippen molar-refractivity contribution < 1.29 is 36.9 Å². The lowest BCUT2D eigenvalue weighted by molar-refractivity contribution is -0.219. The monoisotopic (exact) mass is 446 g/mol. The van der Waals surface area contributed by atoms with Gasteiger partial charge in [0.1, 0.15) is 0 Å². The second-order valence-electron chi connectivity index (χ2n) is 8.33. The van der Waals surface area contributed by atoms with Crippen LogP contribution >= 0.6 is 0 Å². The number of hydrogen-bond acceptors (Lipinski definition) is 5. The molecule has 0 bridgehead atoms. The number of alkyl halides is 2. The Hall–Kier alpha value is -1.35. The minimum absolute atomic E-state index is 0.137. The van der Waals surface area contributed by atoms with Gasteiger partial charge < -0.3 is 23.7 Å². The number of ether oxygens (including phenoxy) is 5. The smallest absolute Gasteiger partial charge is 0.387 e. The molecule has 0 aromatic heterocycles. The fourth-order valence-electron chi connectivity index (χ4n) is 3.87. The first-order chi connectivity index (χ1) is 15.0. The predicted molar refractivity (Wildman–Crippen MR) is 108 cm³/mol. The van der Waals surface area contributed by atoms with Gasteiger partial charge in [-0.15, -0.1) is 0 Å². The summed E-state index contributed by atoms with van der Waals surface area (Å²) in [4.78, 5) is 0. The number of halogens is 3. The number of aryl methyl sites for hydroxylation is 1. The van der Waals surface area contributed by atoms with Gasteiger partial charge in [0.2, 0.25) is 0 Å². The summed E-state index contributed by atoms with van der Waals surface area (Å²) in [6.45, 7) is 1.91. The van der Waals surface area contributed by atoms with Crippen molar-refractivity contribution in [1.82, 2.24) is 0 Å². The highest BCUT2D eigenvalue weighted by Crippen LogP contribution is 2.25. The molecule has 2 fully saturated rings. The molecular weight excluding hydrogens is 413 g/mol. The molecule has 0 unspecified atom stereocenters. The summed E-state index contributed by atoms with van der Waals surface area (Å²) in [6, 6.07) is 4.00. The second kappa shape index (κ2) is 12.6. The molecule has 31 heavy (non-hydrogen) atoms. The first-order valence-corrected chi connectivity index (χ1v) is 11.2. The third-order valence-corrected chi connectivity index (χ3v) is 5.73. The van der Waals surface area contributed by atoms with Gasteiger partial charge in [-0.2, -0.15) is 8.78 Å². The molecule has 2 aliphatic heterocycles. The summed E-state index contributed by atoms with van der Waals surface area (Å²) < 4.78 is 65.6. The van der Waals surface area contributed by atoms with Gasteiger partial charge in [-0.05, 0) is 43.4 Å². The minimum atomic E-state index is -3.05. The summed E-state index contributed by atoms with van der Waals surface area (Å²) in [5.74, 6) is -0.439. The van der Waals surface area contributed by atoms with E-state index >= 15 is 0 Å². The lowest BCUT2D eigenvalue weighted by atomic mass is 10.0. The zero-order valence-corrected chi connectivity index (χ0v) is 18.1. The Morgan fingerprint density at radius 1 is 0.903 bits per heavy atom. The predicted octanol–water partition coefficient (Wildman–Crippen LogP) is 5.31. The molecule has 1 aromatic carbocycles. The van der Waals surface area contributed by atoms with Crippen LogP contribution in [0.5, 0.6) is 5.75 Å². The van der Waals surface area contributed by atoms with Crippen LogP contribution in [-0.4, -0.2) is 45.6 Å². The van der Waals surface area contributed by atoms with Crippen LogP contribution in [0.25, 0.3) is 0 Å². The average Bonchev–Trinajstić information content (AvgIpc) is 2.77. The standard InChI is InChI=1S/C23H33F3O5/c1-2-3-4-17-12-27-22(28-13-17)10-7-18-14-29-21(30-15-18)9-6-16-5-8-20(19(24)11-16)31-23(25)26/h5,8,11,17-18,21-23H,2-4,6-7,9-10,12-15H2,1H3. The summed E-state index contributed by atoms with van der Waals surface area (Å²) in [6.07, 6.45) is 5.91. The van der Waals surface area contributed by atoms with Gasteiger partial charge >= 0.3 is 6.61 Å². The van der Waals surface area contributed by atoms with E-state index in [0.29, 0.717) is 43.5 Å².